The van der Waals surface area contributed by atoms with E-state index in [0.717, 1.165) is 55.2 Å². The lowest BCUT2D eigenvalue weighted by molar-refractivity contribution is 0.149. The Labute approximate surface area is 173 Å². The van der Waals surface area contributed by atoms with E-state index in [0.29, 0.717) is 12.6 Å². The number of fused-ring (bicyclic) bond motifs is 1. The highest BCUT2D eigenvalue weighted by Gasteiger charge is 2.26. The van der Waals surface area contributed by atoms with Crippen LogP contribution in [0.25, 0.3) is 6.08 Å². The van der Waals surface area contributed by atoms with Crippen molar-refractivity contribution in [3.8, 4) is 11.5 Å². The molecule has 0 atom stereocenters. The highest BCUT2D eigenvalue weighted by atomic mass is 16.5. The van der Waals surface area contributed by atoms with Gasteiger partial charge in [0.15, 0.2) is 11.5 Å². The SMILES string of the molecule is CCOc1cc(CN2CCC(Nc3cncnc3)CC2)cc2c1OC(C)(C)C=C2. The summed E-state index contributed by atoms with van der Waals surface area (Å²) in [7, 11) is 0. The first kappa shape index (κ1) is 19.7. The van der Waals surface area contributed by atoms with E-state index < -0.39 is 0 Å². The van der Waals surface area contributed by atoms with Gasteiger partial charge >= 0.3 is 0 Å². The number of hydrogen-bond donors (Lipinski definition) is 1. The molecule has 4 rings (SSSR count). The Kier molecular flexibility index (Phi) is 5.72. The Balaban J connectivity index is 1.40. The van der Waals surface area contributed by atoms with Crippen LogP contribution in [0.1, 0.15) is 44.7 Å². The fourth-order valence-corrected chi connectivity index (χ4v) is 3.96. The van der Waals surface area contributed by atoms with E-state index in [1.165, 1.54) is 5.56 Å². The van der Waals surface area contributed by atoms with E-state index in [1.807, 2.05) is 19.3 Å². The third-order valence-corrected chi connectivity index (χ3v) is 5.40. The molecule has 154 valence electrons. The van der Waals surface area contributed by atoms with Crippen LogP contribution in [0.15, 0.2) is 36.9 Å². The molecule has 0 amide bonds. The molecular formula is C23H30N4O2. The summed E-state index contributed by atoms with van der Waals surface area (Å²) < 4.78 is 12.1. The normalized spacial score (nSPS) is 18.7. The molecule has 3 heterocycles. The minimum atomic E-state index is -0.307. The summed E-state index contributed by atoms with van der Waals surface area (Å²) in [5, 5.41) is 3.54. The lowest BCUT2D eigenvalue weighted by Crippen LogP contribution is -2.38. The molecule has 0 aliphatic carbocycles. The molecule has 1 N–H and O–H groups in total. The second kappa shape index (κ2) is 8.41. The molecule has 29 heavy (non-hydrogen) atoms. The van der Waals surface area contributed by atoms with Crippen molar-refractivity contribution in [2.45, 2.75) is 51.8 Å². The number of nitrogens with zero attached hydrogens (tertiary/aromatic N) is 3. The fourth-order valence-electron chi connectivity index (χ4n) is 3.96. The molecule has 0 radical (unpaired) electrons. The lowest BCUT2D eigenvalue weighted by Gasteiger charge is -2.33. The first-order chi connectivity index (χ1) is 14.0. The maximum atomic E-state index is 6.17. The van der Waals surface area contributed by atoms with Gasteiger partial charge in [0, 0.05) is 31.2 Å². The van der Waals surface area contributed by atoms with Crippen molar-refractivity contribution in [2.75, 3.05) is 25.0 Å². The van der Waals surface area contributed by atoms with Gasteiger partial charge in [-0.3, -0.25) is 4.90 Å². The second-order valence-corrected chi connectivity index (χ2v) is 8.31. The van der Waals surface area contributed by atoms with Gasteiger partial charge in [-0.2, -0.15) is 0 Å². The van der Waals surface area contributed by atoms with Crippen LogP contribution in [0.5, 0.6) is 11.5 Å². The molecule has 6 heteroatoms. The first-order valence-electron chi connectivity index (χ1n) is 10.4. The fraction of sp³-hybridized carbons (Fsp3) is 0.478. The molecule has 0 unspecified atom stereocenters. The minimum absolute atomic E-state index is 0.307. The van der Waals surface area contributed by atoms with E-state index in [4.69, 9.17) is 9.47 Å². The van der Waals surface area contributed by atoms with E-state index in [2.05, 4.69) is 58.3 Å². The van der Waals surface area contributed by atoms with Crippen molar-refractivity contribution in [2.24, 2.45) is 0 Å². The van der Waals surface area contributed by atoms with Crippen molar-refractivity contribution < 1.29 is 9.47 Å². The molecule has 2 aliphatic rings. The monoisotopic (exact) mass is 394 g/mol. The van der Waals surface area contributed by atoms with Gasteiger partial charge in [0.2, 0.25) is 0 Å². The number of hydrogen-bond acceptors (Lipinski definition) is 6. The van der Waals surface area contributed by atoms with E-state index in [-0.39, 0.29) is 5.60 Å². The van der Waals surface area contributed by atoms with Gasteiger partial charge in [-0.1, -0.05) is 6.08 Å². The lowest BCUT2D eigenvalue weighted by atomic mass is 9.99. The van der Waals surface area contributed by atoms with Gasteiger partial charge in [0.05, 0.1) is 24.7 Å². The first-order valence-corrected chi connectivity index (χ1v) is 10.4. The van der Waals surface area contributed by atoms with E-state index in [9.17, 15) is 0 Å². The summed E-state index contributed by atoms with van der Waals surface area (Å²) in [5.74, 6) is 1.70. The van der Waals surface area contributed by atoms with Gasteiger partial charge in [-0.15, -0.1) is 0 Å². The predicted molar refractivity (Wildman–Crippen MR) is 115 cm³/mol. The minimum Gasteiger partial charge on any atom is -0.490 e. The van der Waals surface area contributed by atoms with Crippen molar-refractivity contribution in [1.82, 2.24) is 14.9 Å². The van der Waals surface area contributed by atoms with Gasteiger partial charge in [0.25, 0.3) is 0 Å². The third kappa shape index (κ3) is 4.88. The molecule has 6 nitrogen and oxygen atoms in total. The van der Waals surface area contributed by atoms with Crippen molar-refractivity contribution in [1.29, 1.82) is 0 Å². The van der Waals surface area contributed by atoms with Crippen LogP contribution in [0, 0.1) is 0 Å². The van der Waals surface area contributed by atoms with Crippen molar-refractivity contribution in [3.63, 3.8) is 0 Å². The van der Waals surface area contributed by atoms with Crippen LogP contribution in [0.2, 0.25) is 0 Å². The van der Waals surface area contributed by atoms with Crippen molar-refractivity contribution >= 4 is 11.8 Å². The van der Waals surface area contributed by atoms with E-state index in [1.54, 1.807) is 6.33 Å². The van der Waals surface area contributed by atoms with Gasteiger partial charge < -0.3 is 14.8 Å². The van der Waals surface area contributed by atoms with Crippen LogP contribution >= 0.6 is 0 Å². The number of ether oxygens (including phenoxy) is 2. The van der Waals surface area contributed by atoms with Gasteiger partial charge in [-0.25, -0.2) is 9.97 Å². The van der Waals surface area contributed by atoms with Crippen LogP contribution in [0.3, 0.4) is 0 Å². The number of benzene rings is 1. The van der Waals surface area contributed by atoms with Crippen molar-refractivity contribution in [3.05, 3.63) is 48.1 Å². The number of aromatic nitrogens is 2. The average Bonchev–Trinajstić information content (AvgIpc) is 2.71. The zero-order valence-corrected chi connectivity index (χ0v) is 17.5. The molecule has 0 saturated carbocycles. The number of piperidine rings is 1. The Morgan fingerprint density at radius 2 is 1.97 bits per heavy atom. The number of rotatable bonds is 6. The smallest absolute Gasteiger partial charge is 0.169 e. The van der Waals surface area contributed by atoms with Crippen LogP contribution < -0.4 is 14.8 Å². The van der Waals surface area contributed by atoms with Crippen LogP contribution in [-0.4, -0.2) is 46.2 Å². The number of nitrogens with one attached hydrogen (secondary N) is 1. The molecule has 2 aromatic rings. The summed E-state index contributed by atoms with van der Waals surface area (Å²) in [6.07, 6.45) is 11.7. The summed E-state index contributed by atoms with van der Waals surface area (Å²) >= 11 is 0. The van der Waals surface area contributed by atoms with Gasteiger partial charge in [0.1, 0.15) is 11.9 Å². The highest BCUT2D eigenvalue weighted by molar-refractivity contribution is 5.66. The van der Waals surface area contributed by atoms with Crippen LogP contribution in [-0.2, 0) is 6.54 Å². The van der Waals surface area contributed by atoms with Gasteiger partial charge in [-0.05, 0) is 57.4 Å². The third-order valence-electron chi connectivity index (χ3n) is 5.40. The Morgan fingerprint density at radius 1 is 1.21 bits per heavy atom. The van der Waals surface area contributed by atoms with Crippen LogP contribution in [0.4, 0.5) is 5.69 Å². The quantitative estimate of drug-likeness (QED) is 0.795. The zero-order chi connectivity index (χ0) is 20.3. The molecular weight excluding hydrogens is 364 g/mol. The Hall–Kier alpha value is -2.60. The highest BCUT2D eigenvalue weighted by Crippen LogP contribution is 2.40. The second-order valence-electron chi connectivity index (χ2n) is 8.31. The zero-order valence-electron chi connectivity index (χ0n) is 17.5. The molecule has 0 spiro atoms. The maximum absolute atomic E-state index is 6.17. The van der Waals surface area contributed by atoms with E-state index >= 15 is 0 Å². The number of anilines is 1. The number of likely N-dealkylation sites (tertiary alicyclic amines) is 1. The molecule has 1 saturated heterocycles. The molecule has 1 aromatic heterocycles. The standard InChI is InChI=1S/C23H30N4O2/c1-4-28-21-12-17(11-18-5-8-23(2,3)29-22(18)21)15-27-9-6-19(7-10-27)26-20-13-24-16-25-14-20/h5,8,11-14,16,19,26H,4,6-7,9-10,15H2,1-3H3. The maximum Gasteiger partial charge on any atom is 0.169 e. The topological polar surface area (TPSA) is 59.5 Å². The summed E-state index contributed by atoms with van der Waals surface area (Å²) in [6, 6.07) is 4.84. The Bertz CT molecular complexity index is 859. The summed E-state index contributed by atoms with van der Waals surface area (Å²) in [6.45, 7) is 9.82. The predicted octanol–water partition coefficient (Wildman–Crippen LogP) is 4.14. The molecule has 1 fully saturated rings. The molecule has 1 aromatic carbocycles. The Morgan fingerprint density at radius 3 is 2.69 bits per heavy atom. The largest absolute Gasteiger partial charge is 0.490 e. The molecule has 0 bridgehead atoms. The average molecular weight is 395 g/mol. The summed E-state index contributed by atoms with van der Waals surface area (Å²) in [5.41, 5.74) is 3.06. The summed E-state index contributed by atoms with van der Waals surface area (Å²) in [4.78, 5) is 10.7. The molecule has 2 aliphatic heterocycles.